The van der Waals surface area contributed by atoms with Gasteiger partial charge in [0, 0.05) is 32.6 Å². The summed E-state index contributed by atoms with van der Waals surface area (Å²) in [6.45, 7) is 3.00. The molecule has 3 heterocycles. The van der Waals surface area contributed by atoms with Gasteiger partial charge in [0.15, 0.2) is 0 Å². The molecule has 2 amide bonds. The van der Waals surface area contributed by atoms with E-state index in [1.165, 1.54) is 0 Å². The quantitative estimate of drug-likeness (QED) is 0.739. The van der Waals surface area contributed by atoms with E-state index in [0.29, 0.717) is 25.9 Å². The number of aryl methyl sites for hydroxylation is 3. The molecule has 1 aliphatic rings. The minimum Gasteiger partial charge on any atom is -0.344 e. The van der Waals surface area contributed by atoms with Crippen molar-refractivity contribution < 1.29 is 9.59 Å². The summed E-state index contributed by atoms with van der Waals surface area (Å²) in [5.74, 6) is 0.549. The highest BCUT2D eigenvalue weighted by Crippen LogP contribution is 2.22. The van der Waals surface area contributed by atoms with Crippen molar-refractivity contribution in [2.75, 3.05) is 11.4 Å². The third-order valence-electron chi connectivity index (χ3n) is 4.90. The third kappa shape index (κ3) is 3.30. The summed E-state index contributed by atoms with van der Waals surface area (Å²) in [4.78, 5) is 31.0. The van der Waals surface area contributed by atoms with Gasteiger partial charge in [-0.3, -0.25) is 19.2 Å². The zero-order valence-corrected chi connectivity index (χ0v) is 15.4. The Hall–Kier alpha value is -3.16. The molecule has 2 aromatic heterocycles. The summed E-state index contributed by atoms with van der Waals surface area (Å²) in [5, 5.41) is 7.16. The normalized spacial score (nSPS) is 17.0. The third-order valence-corrected chi connectivity index (χ3v) is 4.90. The molecule has 1 unspecified atom stereocenters. The van der Waals surface area contributed by atoms with Gasteiger partial charge in [0.1, 0.15) is 11.9 Å². The van der Waals surface area contributed by atoms with Gasteiger partial charge in [-0.1, -0.05) is 12.1 Å². The van der Waals surface area contributed by atoms with Gasteiger partial charge >= 0.3 is 0 Å². The summed E-state index contributed by atoms with van der Waals surface area (Å²) >= 11 is 0. The van der Waals surface area contributed by atoms with Crippen molar-refractivity contribution in [1.82, 2.24) is 24.6 Å². The maximum atomic E-state index is 12.7. The second-order valence-corrected chi connectivity index (χ2v) is 6.84. The summed E-state index contributed by atoms with van der Waals surface area (Å²) in [6, 6.07) is 9.21. The van der Waals surface area contributed by atoms with E-state index in [-0.39, 0.29) is 11.8 Å². The Kier molecular flexibility index (Phi) is 4.39. The van der Waals surface area contributed by atoms with E-state index in [1.54, 1.807) is 15.9 Å². The van der Waals surface area contributed by atoms with Crippen LogP contribution in [0.2, 0.25) is 0 Å². The largest absolute Gasteiger partial charge is 0.344 e. The Labute approximate surface area is 156 Å². The molecule has 0 spiro atoms. The average Bonchev–Trinajstić information content (AvgIpc) is 3.31. The van der Waals surface area contributed by atoms with Gasteiger partial charge in [0.2, 0.25) is 5.91 Å². The number of imidazole rings is 1. The fourth-order valence-corrected chi connectivity index (χ4v) is 3.57. The van der Waals surface area contributed by atoms with Gasteiger partial charge in [-0.05, 0) is 25.5 Å². The van der Waals surface area contributed by atoms with Crippen molar-refractivity contribution in [3.63, 3.8) is 0 Å². The lowest BCUT2D eigenvalue weighted by Crippen LogP contribution is -2.42. The van der Waals surface area contributed by atoms with E-state index in [0.717, 1.165) is 22.5 Å². The molecule has 1 aromatic carbocycles. The minimum atomic E-state index is -0.479. The molecule has 0 aliphatic carbocycles. The fraction of sp³-hybridized carbons (Fsp3) is 0.368. The zero-order chi connectivity index (χ0) is 19.0. The van der Waals surface area contributed by atoms with Gasteiger partial charge in [-0.25, -0.2) is 4.98 Å². The number of anilines is 1. The van der Waals surface area contributed by atoms with E-state index in [4.69, 9.17) is 0 Å². The second-order valence-electron chi connectivity index (χ2n) is 6.84. The lowest BCUT2D eigenvalue weighted by atomic mass is 10.2. The number of hydrogen-bond acceptors (Lipinski definition) is 4. The lowest BCUT2D eigenvalue weighted by Gasteiger charge is -2.17. The van der Waals surface area contributed by atoms with Crippen LogP contribution in [-0.2, 0) is 23.2 Å². The number of carbonyl (C=O) groups excluding carboxylic acids is 2. The van der Waals surface area contributed by atoms with Gasteiger partial charge in [0.25, 0.3) is 5.91 Å². The number of para-hydroxylation sites is 2. The van der Waals surface area contributed by atoms with Crippen molar-refractivity contribution in [3.8, 4) is 0 Å². The van der Waals surface area contributed by atoms with Gasteiger partial charge < -0.3 is 9.88 Å². The molecule has 4 rings (SSSR count). The van der Waals surface area contributed by atoms with Gasteiger partial charge in [-0.15, -0.1) is 0 Å². The van der Waals surface area contributed by atoms with Crippen LogP contribution < -0.4 is 10.2 Å². The van der Waals surface area contributed by atoms with Crippen molar-refractivity contribution >= 4 is 28.7 Å². The Balaban J connectivity index is 1.36. The maximum Gasteiger partial charge on any atom is 0.250 e. The molecule has 1 aliphatic heterocycles. The number of benzene rings is 1. The van der Waals surface area contributed by atoms with Crippen LogP contribution in [0, 0.1) is 6.92 Å². The van der Waals surface area contributed by atoms with Crippen LogP contribution >= 0.6 is 0 Å². The summed E-state index contributed by atoms with van der Waals surface area (Å²) in [6.07, 6.45) is 2.64. The number of nitrogens with zero attached hydrogens (tertiary/aromatic N) is 5. The second kappa shape index (κ2) is 6.86. The van der Waals surface area contributed by atoms with Crippen LogP contribution in [0.5, 0.6) is 0 Å². The predicted octanol–water partition coefficient (Wildman–Crippen LogP) is 1.39. The van der Waals surface area contributed by atoms with Crippen LogP contribution in [0.3, 0.4) is 0 Å². The molecule has 1 atom stereocenters. The SMILES string of the molecule is Cc1cc(N2CCC(NC(=O)CCn3cnc4ccccc43)C2=O)n(C)n1. The van der Waals surface area contributed by atoms with E-state index in [9.17, 15) is 9.59 Å². The van der Waals surface area contributed by atoms with Crippen LogP contribution in [0.15, 0.2) is 36.7 Å². The van der Waals surface area contributed by atoms with Gasteiger partial charge in [-0.2, -0.15) is 5.10 Å². The number of amides is 2. The number of carbonyl (C=O) groups is 2. The highest BCUT2D eigenvalue weighted by molar-refractivity contribution is 6.00. The Bertz CT molecular complexity index is 1000. The van der Waals surface area contributed by atoms with Crippen molar-refractivity contribution in [3.05, 3.63) is 42.4 Å². The minimum absolute atomic E-state index is 0.0839. The Morgan fingerprint density at radius 2 is 2.15 bits per heavy atom. The standard InChI is InChI=1S/C19H22N6O2/c1-13-11-18(23(2)22-13)25-10-7-15(19(25)27)21-17(26)8-9-24-12-20-14-5-3-4-6-16(14)24/h3-6,11-12,15H,7-10H2,1-2H3,(H,21,26). The summed E-state index contributed by atoms with van der Waals surface area (Å²) in [7, 11) is 1.82. The van der Waals surface area contributed by atoms with Crippen LogP contribution in [0.1, 0.15) is 18.5 Å². The summed E-state index contributed by atoms with van der Waals surface area (Å²) < 4.78 is 3.65. The number of hydrogen-bond donors (Lipinski definition) is 1. The molecule has 1 N–H and O–H groups in total. The molecule has 1 fully saturated rings. The molecule has 8 heteroatoms. The molecule has 8 nitrogen and oxygen atoms in total. The van der Waals surface area contributed by atoms with Crippen LogP contribution in [0.25, 0.3) is 11.0 Å². The van der Waals surface area contributed by atoms with Crippen molar-refractivity contribution in [2.24, 2.45) is 7.05 Å². The topological polar surface area (TPSA) is 85.0 Å². The highest BCUT2D eigenvalue weighted by Gasteiger charge is 2.34. The number of rotatable bonds is 5. The molecule has 0 radical (unpaired) electrons. The number of nitrogens with one attached hydrogen (secondary N) is 1. The zero-order valence-electron chi connectivity index (χ0n) is 15.4. The molecule has 1 saturated heterocycles. The lowest BCUT2D eigenvalue weighted by molar-refractivity contribution is -0.126. The molecular formula is C19H22N6O2. The van der Waals surface area contributed by atoms with Crippen molar-refractivity contribution in [2.45, 2.75) is 32.4 Å². The molecular weight excluding hydrogens is 344 g/mol. The molecule has 0 bridgehead atoms. The maximum absolute atomic E-state index is 12.7. The first-order chi connectivity index (χ1) is 13.0. The predicted molar refractivity (Wildman–Crippen MR) is 101 cm³/mol. The smallest absolute Gasteiger partial charge is 0.250 e. The van der Waals surface area contributed by atoms with E-state index in [2.05, 4.69) is 15.4 Å². The van der Waals surface area contributed by atoms with Crippen LogP contribution in [-0.4, -0.2) is 43.7 Å². The van der Waals surface area contributed by atoms with E-state index < -0.39 is 6.04 Å². The number of aromatic nitrogens is 4. The monoisotopic (exact) mass is 366 g/mol. The fourth-order valence-electron chi connectivity index (χ4n) is 3.57. The highest BCUT2D eigenvalue weighted by atomic mass is 16.2. The first-order valence-corrected chi connectivity index (χ1v) is 9.04. The first-order valence-electron chi connectivity index (χ1n) is 9.04. The Morgan fingerprint density at radius 3 is 2.93 bits per heavy atom. The summed E-state index contributed by atoms with van der Waals surface area (Å²) in [5.41, 5.74) is 2.77. The Morgan fingerprint density at radius 1 is 1.33 bits per heavy atom. The van der Waals surface area contributed by atoms with E-state index in [1.807, 2.05) is 48.9 Å². The average molecular weight is 366 g/mol. The molecule has 0 saturated carbocycles. The van der Waals surface area contributed by atoms with E-state index >= 15 is 0 Å². The molecule has 27 heavy (non-hydrogen) atoms. The van der Waals surface area contributed by atoms with Crippen molar-refractivity contribution in [1.29, 1.82) is 0 Å². The molecule has 3 aromatic rings. The van der Waals surface area contributed by atoms with Gasteiger partial charge in [0.05, 0.1) is 23.1 Å². The number of fused-ring (bicyclic) bond motifs is 1. The molecule has 140 valence electrons. The van der Waals surface area contributed by atoms with Crippen LogP contribution in [0.4, 0.5) is 5.82 Å². The first kappa shape index (κ1) is 17.3.